The maximum absolute atomic E-state index is 6.23. The average molecular weight is 372 g/mol. The zero-order valence-corrected chi connectivity index (χ0v) is 15.2. The molecule has 3 heterocycles. The number of anilines is 2. The number of aromatic nitrogens is 3. The van der Waals surface area contributed by atoms with Gasteiger partial charge in [-0.05, 0) is 36.6 Å². The minimum absolute atomic E-state index is 0.689. The van der Waals surface area contributed by atoms with Gasteiger partial charge < -0.3 is 10.2 Å². The number of benzene rings is 1. The van der Waals surface area contributed by atoms with Gasteiger partial charge in [-0.1, -0.05) is 41.1 Å². The van der Waals surface area contributed by atoms with Crippen molar-refractivity contribution in [3.63, 3.8) is 0 Å². The van der Waals surface area contributed by atoms with E-state index in [4.69, 9.17) is 11.6 Å². The summed E-state index contributed by atoms with van der Waals surface area (Å²) in [6.45, 7) is 2.89. The molecule has 0 aliphatic carbocycles. The molecule has 0 unspecified atom stereocenters. The fraction of sp³-hybridized carbons (Fsp3) is 0.278. The molecular formula is C18H18ClN5S. The van der Waals surface area contributed by atoms with E-state index in [-0.39, 0.29) is 0 Å². The van der Waals surface area contributed by atoms with Crippen LogP contribution < -0.4 is 10.2 Å². The molecule has 0 saturated carbocycles. The molecule has 0 radical (unpaired) electrons. The Bertz CT molecular complexity index is 860. The molecule has 1 saturated heterocycles. The van der Waals surface area contributed by atoms with Crippen molar-refractivity contribution >= 4 is 33.9 Å². The van der Waals surface area contributed by atoms with Gasteiger partial charge in [-0.15, -0.1) is 10.2 Å². The minimum atomic E-state index is 0.689. The van der Waals surface area contributed by atoms with Gasteiger partial charge in [0.15, 0.2) is 5.01 Å². The van der Waals surface area contributed by atoms with E-state index in [1.54, 1.807) is 0 Å². The smallest absolute Gasteiger partial charge is 0.206 e. The van der Waals surface area contributed by atoms with Gasteiger partial charge in [0.25, 0.3) is 0 Å². The van der Waals surface area contributed by atoms with Gasteiger partial charge >= 0.3 is 0 Å². The molecule has 1 N–H and O–H groups in total. The van der Waals surface area contributed by atoms with Crippen molar-refractivity contribution in [1.82, 2.24) is 15.2 Å². The van der Waals surface area contributed by atoms with Gasteiger partial charge in [-0.3, -0.25) is 0 Å². The summed E-state index contributed by atoms with van der Waals surface area (Å²) in [7, 11) is 0. The lowest BCUT2D eigenvalue weighted by Crippen LogP contribution is -2.19. The molecule has 0 spiro atoms. The highest BCUT2D eigenvalue weighted by Gasteiger charge is 2.14. The lowest BCUT2D eigenvalue weighted by molar-refractivity contribution is 0.931. The van der Waals surface area contributed by atoms with Gasteiger partial charge in [0, 0.05) is 31.4 Å². The van der Waals surface area contributed by atoms with Gasteiger partial charge in [-0.25, -0.2) is 4.98 Å². The second kappa shape index (κ2) is 7.37. The third-order valence-electron chi connectivity index (χ3n) is 4.21. The number of hydrogen-bond acceptors (Lipinski definition) is 6. The first kappa shape index (κ1) is 16.3. The maximum Gasteiger partial charge on any atom is 0.206 e. The van der Waals surface area contributed by atoms with E-state index in [0.717, 1.165) is 34.6 Å². The first-order valence-electron chi connectivity index (χ1n) is 8.32. The molecule has 1 fully saturated rings. The van der Waals surface area contributed by atoms with Crippen molar-refractivity contribution in [3.05, 3.63) is 53.2 Å². The summed E-state index contributed by atoms with van der Waals surface area (Å²) in [6, 6.07) is 11.9. The minimum Gasteiger partial charge on any atom is -0.357 e. The van der Waals surface area contributed by atoms with Crippen molar-refractivity contribution in [2.45, 2.75) is 19.4 Å². The Labute approximate surface area is 155 Å². The standard InChI is InChI=1S/C18H18ClN5S/c19-15-6-2-1-5-14(15)17-22-23-18(25-17)21-12-13-7-8-20-16(11-13)24-9-3-4-10-24/h1-2,5-8,11H,3-4,9-10,12H2,(H,21,23). The Kier molecular flexibility index (Phi) is 4.81. The molecular weight excluding hydrogens is 354 g/mol. The van der Waals surface area contributed by atoms with Crippen LogP contribution in [0.15, 0.2) is 42.6 Å². The molecule has 25 heavy (non-hydrogen) atoms. The van der Waals surface area contributed by atoms with Crippen molar-refractivity contribution in [2.75, 3.05) is 23.3 Å². The molecule has 7 heteroatoms. The first-order chi connectivity index (χ1) is 12.3. The Balaban J connectivity index is 1.44. The molecule has 2 aromatic heterocycles. The normalized spacial score (nSPS) is 14.0. The summed E-state index contributed by atoms with van der Waals surface area (Å²) in [5.74, 6) is 1.06. The first-order valence-corrected chi connectivity index (χ1v) is 9.51. The highest BCUT2D eigenvalue weighted by molar-refractivity contribution is 7.18. The Morgan fingerprint density at radius 2 is 1.96 bits per heavy atom. The van der Waals surface area contributed by atoms with Crippen LogP contribution in [0.1, 0.15) is 18.4 Å². The number of halogens is 1. The number of nitrogens with zero attached hydrogens (tertiary/aromatic N) is 4. The van der Waals surface area contributed by atoms with Gasteiger partial charge in [0.1, 0.15) is 5.82 Å². The van der Waals surface area contributed by atoms with Crippen LogP contribution in [-0.2, 0) is 6.54 Å². The van der Waals surface area contributed by atoms with E-state index in [2.05, 4.69) is 31.5 Å². The second-order valence-corrected chi connectivity index (χ2v) is 7.35. The van der Waals surface area contributed by atoms with Crippen molar-refractivity contribution < 1.29 is 0 Å². The summed E-state index contributed by atoms with van der Waals surface area (Å²) in [6.07, 6.45) is 4.37. The van der Waals surface area contributed by atoms with Gasteiger partial charge in [0.05, 0.1) is 5.02 Å². The lowest BCUT2D eigenvalue weighted by Gasteiger charge is -2.16. The van der Waals surface area contributed by atoms with E-state index >= 15 is 0 Å². The third-order valence-corrected chi connectivity index (χ3v) is 5.46. The predicted molar refractivity (Wildman–Crippen MR) is 103 cm³/mol. The molecule has 1 aliphatic rings. The summed E-state index contributed by atoms with van der Waals surface area (Å²) >= 11 is 7.73. The Morgan fingerprint density at radius 3 is 2.80 bits per heavy atom. The number of rotatable bonds is 5. The monoisotopic (exact) mass is 371 g/mol. The van der Waals surface area contributed by atoms with Crippen LogP contribution in [0.4, 0.5) is 10.9 Å². The molecule has 128 valence electrons. The molecule has 0 atom stereocenters. The molecule has 1 aromatic carbocycles. The average Bonchev–Trinajstić information content (AvgIpc) is 3.33. The fourth-order valence-electron chi connectivity index (χ4n) is 2.91. The zero-order chi connectivity index (χ0) is 17.1. The maximum atomic E-state index is 6.23. The Morgan fingerprint density at radius 1 is 1.12 bits per heavy atom. The van der Waals surface area contributed by atoms with Crippen LogP contribution in [-0.4, -0.2) is 28.3 Å². The topological polar surface area (TPSA) is 53.9 Å². The van der Waals surface area contributed by atoms with E-state index in [1.165, 1.54) is 29.7 Å². The number of hydrogen-bond donors (Lipinski definition) is 1. The van der Waals surface area contributed by atoms with Crippen LogP contribution in [0.2, 0.25) is 5.02 Å². The lowest BCUT2D eigenvalue weighted by atomic mass is 10.2. The van der Waals surface area contributed by atoms with E-state index in [1.807, 2.05) is 36.5 Å². The van der Waals surface area contributed by atoms with Crippen LogP contribution in [0, 0.1) is 0 Å². The molecule has 5 nitrogen and oxygen atoms in total. The molecule has 0 bridgehead atoms. The predicted octanol–water partition coefficient (Wildman–Crippen LogP) is 4.47. The zero-order valence-electron chi connectivity index (χ0n) is 13.7. The molecule has 3 aromatic rings. The van der Waals surface area contributed by atoms with Gasteiger partial charge in [-0.2, -0.15) is 0 Å². The molecule has 1 aliphatic heterocycles. The van der Waals surface area contributed by atoms with Crippen molar-refractivity contribution in [1.29, 1.82) is 0 Å². The van der Waals surface area contributed by atoms with Crippen molar-refractivity contribution in [3.8, 4) is 10.6 Å². The van der Waals surface area contributed by atoms with Crippen LogP contribution in [0.3, 0.4) is 0 Å². The second-order valence-electron chi connectivity index (χ2n) is 5.96. The molecule has 0 amide bonds. The highest BCUT2D eigenvalue weighted by atomic mass is 35.5. The summed E-state index contributed by atoms with van der Waals surface area (Å²) < 4.78 is 0. The SMILES string of the molecule is Clc1ccccc1-c1nnc(NCc2ccnc(N3CCCC3)c2)s1. The van der Waals surface area contributed by atoms with Crippen LogP contribution in [0.25, 0.3) is 10.6 Å². The summed E-state index contributed by atoms with van der Waals surface area (Å²) in [5.41, 5.74) is 2.10. The molecule has 4 rings (SSSR count). The van der Waals surface area contributed by atoms with Crippen molar-refractivity contribution in [2.24, 2.45) is 0 Å². The van der Waals surface area contributed by atoms with E-state index in [9.17, 15) is 0 Å². The van der Waals surface area contributed by atoms with Crippen LogP contribution >= 0.6 is 22.9 Å². The number of nitrogens with one attached hydrogen (secondary N) is 1. The fourth-order valence-corrected chi connectivity index (χ4v) is 3.97. The van der Waals surface area contributed by atoms with Crippen LogP contribution in [0.5, 0.6) is 0 Å². The largest absolute Gasteiger partial charge is 0.357 e. The summed E-state index contributed by atoms with van der Waals surface area (Å²) in [5, 5.41) is 14.1. The highest BCUT2D eigenvalue weighted by Crippen LogP contribution is 2.31. The van der Waals surface area contributed by atoms with Gasteiger partial charge in [0.2, 0.25) is 5.13 Å². The van der Waals surface area contributed by atoms with E-state index < -0.39 is 0 Å². The Hall–Kier alpha value is -2.18. The quantitative estimate of drug-likeness (QED) is 0.717. The number of pyridine rings is 1. The third kappa shape index (κ3) is 3.75. The van der Waals surface area contributed by atoms with E-state index in [0.29, 0.717) is 11.6 Å². The summed E-state index contributed by atoms with van der Waals surface area (Å²) in [4.78, 5) is 6.83.